The molecule has 1 saturated carbocycles. The summed E-state index contributed by atoms with van der Waals surface area (Å²) in [6.07, 6.45) is 4.47. The molecule has 2 nitrogen and oxygen atoms in total. The molecule has 0 aromatic carbocycles. The Balaban J connectivity index is 0.000000233. The van der Waals surface area contributed by atoms with Crippen LogP contribution in [0.1, 0.15) is 40.0 Å². The molecule has 2 rings (SSSR count). The third kappa shape index (κ3) is 5.39. The van der Waals surface area contributed by atoms with Gasteiger partial charge in [0.1, 0.15) is 11.2 Å². The van der Waals surface area contributed by atoms with Crippen molar-refractivity contribution in [2.45, 2.75) is 51.8 Å². The van der Waals surface area contributed by atoms with Crippen LogP contribution in [0.3, 0.4) is 0 Å². The minimum absolute atomic E-state index is 0.939. The van der Waals surface area contributed by atoms with E-state index in [9.17, 15) is 18.0 Å². The Bertz CT molecular complexity index is 390. The first-order chi connectivity index (χ1) is 8.99. The van der Waals surface area contributed by atoms with Gasteiger partial charge < -0.3 is 4.74 Å². The fraction of sp³-hybridized carbons (Fsp3) is 0.667. The highest BCUT2D eigenvalue weighted by Crippen LogP contribution is 2.38. The van der Waals surface area contributed by atoms with Crippen LogP contribution in [0.4, 0.5) is 13.2 Å². The van der Waals surface area contributed by atoms with E-state index in [1.54, 1.807) is 0 Å². The number of alkyl halides is 3. The molecule has 20 heavy (non-hydrogen) atoms. The van der Waals surface area contributed by atoms with E-state index in [1.807, 2.05) is 0 Å². The first kappa shape index (κ1) is 16.8. The number of hydrogen-bond acceptors (Lipinski definition) is 2. The van der Waals surface area contributed by atoms with Crippen molar-refractivity contribution in [2.75, 3.05) is 0 Å². The Morgan fingerprint density at radius 2 is 1.60 bits per heavy atom. The van der Waals surface area contributed by atoms with E-state index in [0.29, 0.717) is 0 Å². The summed E-state index contributed by atoms with van der Waals surface area (Å²) in [5, 5.41) is 0. The predicted octanol–water partition coefficient (Wildman–Crippen LogP) is 4.42. The second-order valence-electron chi connectivity index (χ2n) is 6.20. The number of esters is 1. The smallest absolute Gasteiger partial charge is 0.422 e. The number of halogens is 3. The molecule has 0 aliphatic heterocycles. The van der Waals surface area contributed by atoms with Gasteiger partial charge in [-0.15, -0.1) is 0 Å². The molecular weight excluding hydrogens is 269 g/mol. The van der Waals surface area contributed by atoms with Gasteiger partial charge in [-0.3, -0.25) is 0 Å². The highest BCUT2D eigenvalue weighted by molar-refractivity contribution is 5.89. The molecule has 0 amide bonds. The molecule has 2 aliphatic rings. The average molecular weight is 290 g/mol. The number of carbonyl (C=O) groups excluding carboxylic acids is 1. The van der Waals surface area contributed by atoms with Crippen molar-refractivity contribution in [3.05, 3.63) is 24.3 Å². The molecule has 114 valence electrons. The van der Waals surface area contributed by atoms with Gasteiger partial charge in [-0.05, 0) is 51.9 Å². The Morgan fingerprint density at radius 1 is 1.15 bits per heavy atom. The third-order valence-corrected chi connectivity index (χ3v) is 3.16. The van der Waals surface area contributed by atoms with Gasteiger partial charge in [0.25, 0.3) is 0 Å². The second kappa shape index (κ2) is 6.02. The van der Waals surface area contributed by atoms with E-state index in [4.69, 9.17) is 0 Å². The van der Waals surface area contributed by atoms with Crippen LogP contribution < -0.4 is 0 Å². The third-order valence-electron chi connectivity index (χ3n) is 3.16. The Morgan fingerprint density at radius 3 is 1.80 bits per heavy atom. The number of ether oxygens (including phenoxy) is 1. The van der Waals surface area contributed by atoms with Gasteiger partial charge in [-0.2, -0.15) is 13.2 Å². The summed E-state index contributed by atoms with van der Waals surface area (Å²) >= 11 is 0. The van der Waals surface area contributed by atoms with Crippen LogP contribution in [0, 0.1) is 11.8 Å². The number of fused-ring (bicyclic) bond motifs is 2. The van der Waals surface area contributed by atoms with Crippen LogP contribution in [0.2, 0.25) is 0 Å². The Labute approximate surface area is 117 Å². The number of rotatable bonds is 1. The summed E-state index contributed by atoms with van der Waals surface area (Å²) in [5.41, 5.74) is -2.42. The fourth-order valence-electron chi connectivity index (χ4n) is 2.17. The quantitative estimate of drug-likeness (QED) is 0.406. The van der Waals surface area contributed by atoms with Crippen molar-refractivity contribution < 1.29 is 22.7 Å². The van der Waals surface area contributed by atoms with Crippen molar-refractivity contribution in [3.8, 4) is 0 Å². The summed E-state index contributed by atoms with van der Waals surface area (Å²) in [7, 11) is 0. The minimum atomic E-state index is -4.72. The summed E-state index contributed by atoms with van der Waals surface area (Å²) in [6, 6.07) is 0. The molecule has 0 radical (unpaired) electrons. The van der Waals surface area contributed by atoms with E-state index < -0.39 is 23.3 Å². The number of allylic oxidation sites excluding steroid dienone is 2. The van der Waals surface area contributed by atoms with Gasteiger partial charge in [0.05, 0.1) is 0 Å². The van der Waals surface area contributed by atoms with Crippen LogP contribution >= 0.6 is 0 Å². The standard InChI is InChI=1S/C8H11F3O2.C7H10/c1-5(8(9,10)11)6(12)13-7(2,3)4;1-2-7-4-3-6(1)5-7/h1H2,2-4H3;1-2,6-7H,3-5H2. The van der Waals surface area contributed by atoms with E-state index >= 15 is 0 Å². The maximum atomic E-state index is 11.9. The van der Waals surface area contributed by atoms with Crippen LogP contribution in [0.25, 0.3) is 0 Å². The van der Waals surface area contributed by atoms with Crippen LogP contribution in [-0.4, -0.2) is 17.7 Å². The van der Waals surface area contributed by atoms with Crippen molar-refractivity contribution in [2.24, 2.45) is 11.8 Å². The number of hydrogen-bond donors (Lipinski definition) is 0. The first-order valence-corrected chi connectivity index (χ1v) is 6.67. The molecule has 0 aromatic heterocycles. The lowest BCUT2D eigenvalue weighted by molar-refractivity contribution is -0.160. The molecule has 2 bridgehead atoms. The topological polar surface area (TPSA) is 26.3 Å². The minimum Gasteiger partial charge on any atom is -0.456 e. The zero-order valence-electron chi connectivity index (χ0n) is 12.1. The van der Waals surface area contributed by atoms with E-state index in [-0.39, 0.29) is 0 Å². The first-order valence-electron chi connectivity index (χ1n) is 6.67. The molecule has 0 heterocycles. The molecule has 2 atom stereocenters. The Kier molecular flexibility index (Phi) is 5.05. The second-order valence-corrected chi connectivity index (χ2v) is 6.20. The normalized spacial score (nSPS) is 24.1. The molecule has 0 N–H and O–H groups in total. The molecule has 2 aliphatic carbocycles. The van der Waals surface area contributed by atoms with Gasteiger partial charge in [0.15, 0.2) is 0 Å². The maximum absolute atomic E-state index is 11.9. The molecule has 1 fully saturated rings. The summed E-state index contributed by atoms with van der Waals surface area (Å²) in [6.45, 7) is 7.05. The lowest BCUT2D eigenvalue weighted by Crippen LogP contribution is -2.29. The van der Waals surface area contributed by atoms with Crippen LogP contribution in [0.5, 0.6) is 0 Å². The highest BCUT2D eigenvalue weighted by atomic mass is 19.4. The lowest BCUT2D eigenvalue weighted by Gasteiger charge is -2.20. The fourth-order valence-corrected chi connectivity index (χ4v) is 2.17. The van der Waals surface area contributed by atoms with Gasteiger partial charge in [0, 0.05) is 0 Å². The number of carbonyl (C=O) groups is 1. The van der Waals surface area contributed by atoms with E-state index in [0.717, 1.165) is 11.8 Å². The van der Waals surface area contributed by atoms with Crippen molar-refractivity contribution in [1.82, 2.24) is 0 Å². The zero-order chi connectivity index (χ0) is 15.6. The molecule has 2 unspecified atom stereocenters. The van der Waals surface area contributed by atoms with E-state index in [2.05, 4.69) is 23.5 Å². The summed E-state index contributed by atoms with van der Waals surface area (Å²) in [5.74, 6) is 0.551. The van der Waals surface area contributed by atoms with Gasteiger partial charge in [-0.1, -0.05) is 18.7 Å². The van der Waals surface area contributed by atoms with Crippen LogP contribution in [0.15, 0.2) is 24.3 Å². The summed E-state index contributed by atoms with van der Waals surface area (Å²) < 4.78 is 40.1. The maximum Gasteiger partial charge on any atom is 0.422 e. The molecule has 0 saturated heterocycles. The predicted molar refractivity (Wildman–Crippen MR) is 71.0 cm³/mol. The largest absolute Gasteiger partial charge is 0.456 e. The molecule has 0 spiro atoms. The van der Waals surface area contributed by atoms with Gasteiger partial charge in [0.2, 0.25) is 0 Å². The Hall–Kier alpha value is -1.26. The monoisotopic (exact) mass is 290 g/mol. The van der Waals surface area contributed by atoms with E-state index in [1.165, 1.54) is 40.0 Å². The van der Waals surface area contributed by atoms with Crippen molar-refractivity contribution in [1.29, 1.82) is 0 Å². The molecule has 0 aromatic rings. The van der Waals surface area contributed by atoms with Crippen LogP contribution in [-0.2, 0) is 9.53 Å². The van der Waals surface area contributed by atoms with Gasteiger partial charge in [-0.25, -0.2) is 4.79 Å². The SMILES string of the molecule is C1=CC2CCC1C2.C=C(C(=O)OC(C)(C)C)C(F)(F)F. The summed E-state index contributed by atoms with van der Waals surface area (Å²) in [4.78, 5) is 10.8. The zero-order valence-corrected chi connectivity index (χ0v) is 12.1. The molecular formula is C15H21F3O2. The highest BCUT2D eigenvalue weighted by Gasteiger charge is 2.39. The average Bonchev–Trinajstić information content (AvgIpc) is 2.89. The van der Waals surface area contributed by atoms with Gasteiger partial charge >= 0.3 is 12.1 Å². The van der Waals surface area contributed by atoms with Crippen molar-refractivity contribution in [3.63, 3.8) is 0 Å². The molecule has 5 heteroatoms. The van der Waals surface area contributed by atoms with Crippen molar-refractivity contribution >= 4 is 5.97 Å². The lowest BCUT2D eigenvalue weighted by atomic mass is 10.1.